The molecule has 1 aliphatic heterocycles. The molecular formula is C14H21NO4S. The molecule has 0 radical (unpaired) electrons. The van der Waals surface area contributed by atoms with Gasteiger partial charge in [0.2, 0.25) is 0 Å². The molecule has 2 rings (SSSR count). The summed E-state index contributed by atoms with van der Waals surface area (Å²) in [6.07, 6.45) is 2.36. The largest absolute Gasteiger partial charge is 0.490 e. The maximum Gasteiger partial charge on any atom is 0.180 e. The van der Waals surface area contributed by atoms with Gasteiger partial charge in [-0.2, -0.15) is 0 Å². The second-order valence-corrected chi connectivity index (χ2v) is 7.02. The van der Waals surface area contributed by atoms with Gasteiger partial charge in [-0.1, -0.05) is 13.3 Å². The van der Waals surface area contributed by atoms with E-state index < -0.39 is 9.84 Å². The summed E-state index contributed by atoms with van der Waals surface area (Å²) >= 11 is 0. The topological polar surface area (TPSA) is 78.6 Å². The summed E-state index contributed by atoms with van der Waals surface area (Å²) in [7, 11) is -3.39. The third-order valence-corrected chi connectivity index (χ3v) is 5.01. The van der Waals surface area contributed by atoms with Crippen LogP contribution in [-0.4, -0.2) is 33.4 Å². The van der Waals surface area contributed by atoms with Crippen LogP contribution in [0.5, 0.6) is 11.5 Å². The molecule has 0 amide bonds. The van der Waals surface area contributed by atoms with E-state index in [-0.39, 0.29) is 16.7 Å². The van der Waals surface area contributed by atoms with E-state index in [4.69, 9.17) is 15.2 Å². The Morgan fingerprint density at radius 1 is 1.25 bits per heavy atom. The number of sulfone groups is 1. The Kier molecular flexibility index (Phi) is 4.88. The highest BCUT2D eigenvalue weighted by Crippen LogP contribution is 2.32. The molecule has 1 aromatic rings. The predicted molar refractivity (Wildman–Crippen MR) is 77.0 cm³/mol. The van der Waals surface area contributed by atoms with Crippen LogP contribution in [0.2, 0.25) is 0 Å². The van der Waals surface area contributed by atoms with E-state index in [2.05, 4.69) is 0 Å². The lowest BCUT2D eigenvalue weighted by Crippen LogP contribution is -2.29. The zero-order valence-corrected chi connectivity index (χ0v) is 12.5. The van der Waals surface area contributed by atoms with Gasteiger partial charge in [-0.25, -0.2) is 8.42 Å². The molecule has 1 unspecified atom stereocenters. The number of rotatable bonds is 5. The first-order valence-electron chi connectivity index (χ1n) is 6.91. The standard InChI is InChI=1S/C14H21NO4S/c1-2-4-11(15)10-20(16,17)12-5-6-13-14(9-12)19-8-3-7-18-13/h5-6,9,11H,2-4,7-8,10,15H2,1H3. The molecule has 0 aromatic heterocycles. The second-order valence-electron chi connectivity index (χ2n) is 4.99. The van der Waals surface area contributed by atoms with Crippen molar-refractivity contribution >= 4 is 9.84 Å². The predicted octanol–water partition coefficient (Wildman–Crippen LogP) is 1.75. The van der Waals surface area contributed by atoms with Gasteiger partial charge in [0, 0.05) is 18.5 Å². The fraction of sp³-hybridized carbons (Fsp3) is 0.571. The zero-order chi connectivity index (χ0) is 14.6. The summed E-state index contributed by atoms with van der Waals surface area (Å²) in [4.78, 5) is 0.244. The number of fused-ring (bicyclic) bond motifs is 1. The average Bonchev–Trinajstić information content (AvgIpc) is 2.62. The van der Waals surface area contributed by atoms with Crippen molar-refractivity contribution in [2.75, 3.05) is 19.0 Å². The number of hydrogen-bond donors (Lipinski definition) is 1. The molecule has 0 saturated carbocycles. The fourth-order valence-corrected chi connectivity index (χ4v) is 3.65. The van der Waals surface area contributed by atoms with Gasteiger partial charge < -0.3 is 15.2 Å². The van der Waals surface area contributed by atoms with Gasteiger partial charge in [0.25, 0.3) is 0 Å². The molecule has 0 saturated heterocycles. The summed E-state index contributed by atoms with van der Waals surface area (Å²) in [5.74, 6) is 1.05. The minimum absolute atomic E-state index is 0.0412. The molecular weight excluding hydrogens is 278 g/mol. The smallest absolute Gasteiger partial charge is 0.180 e. The van der Waals surface area contributed by atoms with Gasteiger partial charge in [-0.15, -0.1) is 0 Å². The molecule has 0 aliphatic carbocycles. The maximum absolute atomic E-state index is 12.3. The minimum Gasteiger partial charge on any atom is -0.490 e. The number of ether oxygens (including phenoxy) is 2. The van der Waals surface area contributed by atoms with Crippen LogP contribution < -0.4 is 15.2 Å². The molecule has 0 fully saturated rings. The molecule has 1 atom stereocenters. The first-order valence-corrected chi connectivity index (χ1v) is 8.56. The molecule has 1 aliphatic rings. The van der Waals surface area contributed by atoms with Gasteiger partial charge in [0.15, 0.2) is 21.3 Å². The first kappa shape index (κ1) is 15.1. The molecule has 1 aromatic carbocycles. The number of nitrogens with two attached hydrogens (primary N) is 1. The van der Waals surface area contributed by atoms with Crippen molar-refractivity contribution in [2.24, 2.45) is 5.73 Å². The summed E-state index contributed by atoms with van der Waals surface area (Å²) in [5, 5.41) is 0. The van der Waals surface area contributed by atoms with Crippen LogP contribution in [-0.2, 0) is 9.84 Å². The van der Waals surface area contributed by atoms with Crippen LogP contribution in [0.4, 0.5) is 0 Å². The molecule has 1 heterocycles. The van der Waals surface area contributed by atoms with Crippen LogP contribution in [0.15, 0.2) is 23.1 Å². The van der Waals surface area contributed by atoms with Crippen molar-refractivity contribution in [1.82, 2.24) is 0 Å². The van der Waals surface area contributed by atoms with Crippen molar-refractivity contribution in [3.63, 3.8) is 0 Å². The lowest BCUT2D eigenvalue weighted by Gasteiger charge is -2.13. The SMILES string of the molecule is CCCC(N)CS(=O)(=O)c1ccc2c(c1)OCCCO2. The Labute approximate surface area is 120 Å². The van der Waals surface area contributed by atoms with Crippen LogP contribution >= 0.6 is 0 Å². The van der Waals surface area contributed by atoms with E-state index >= 15 is 0 Å². The minimum atomic E-state index is -3.39. The zero-order valence-electron chi connectivity index (χ0n) is 11.7. The Bertz CT molecular complexity index is 556. The van der Waals surface area contributed by atoms with Crippen LogP contribution in [0.25, 0.3) is 0 Å². The summed E-state index contributed by atoms with van der Waals surface area (Å²) in [5.41, 5.74) is 5.84. The lowest BCUT2D eigenvalue weighted by molar-refractivity contribution is 0.297. The van der Waals surface area contributed by atoms with Crippen LogP contribution in [0.1, 0.15) is 26.2 Å². The van der Waals surface area contributed by atoms with Gasteiger partial charge in [0.05, 0.1) is 23.9 Å². The van der Waals surface area contributed by atoms with Crippen LogP contribution in [0.3, 0.4) is 0 Å². The van der Waals surface area contributed by atoms with E-state index in [1.54, 1.807) is 12.1 Å². The fourth-order valence-electron chi connectivity index (χ4n) is 2.17. The van der Waals surface area contributed by atoms with E-state index in [9.17, 15) is 8.42 Å². The quantitative estimate of drug-likeness (QED) is 0.896. The molecule has 112 valence electrons. The van der Waals surface area contributed by atoms with Crippen LogP contribution in [0, 0.1) is 0 Å². The summed E-state index contributed by atoms with van der Waals surface area (Å²) in [6.45, 7) is 3.10. The molecule has 6 heteroatoms. The van der Waals surface area contributed by atoms with Crippen molar-refractivity contribution in [3.05, 3.63) is 18.2 Å². The van der Waals surface area contributed by atoms with Gasteiger partial charge in [0.1, 0.15) is 0 Å². The Hall–Kier alpha value is -1.27. The van der Waals surface area contributed by atoms with Crippen molar-refractivity contribution < 1.29 is 17.9 Å². The van der Waals surface area contributed by atoms with E-state index in [0.717, 1.165) is 12.8 Å². The van der Waals surface area contributed by atoms with Gasteiger partial charge >= 0.3 is 0 Å². The van der Waals surface area contributed by atoms with Crippen molar-refractivity contribution in [3.8, 4) is 11.5 Å². The first-order chi connectivity index (χ1) is 9.53. The highest BCUT2D eigenvalue weighted by Gasteiger charge is 2.21. The average molecular weight is 299 g/mol. The highest BCUT2D eigenvalue weighted by atomic mass is 32.2. The summed E-state index contributed by atoms with van der Waals surface area (Å²) < 4.78 is 35.6. The molecule has 20 heavy (non-hydrogen) atoms. The lowest BCUT2D eigenvalue weighted by atomic mass is 10.2. The Morgan fingerprint density at radius 3 is 2.65 bits per heavy atom. The molecule has 2 N–H and O–H groups in total. The van der Waals surface area contributed by atoms with Crippen molar-refractivity contribution in [2.45, 2.75) is 37.1 Å². The number of hydrogen-bond acceptors (Lipinski definition) is 5. The Morgan fingerprint density at radius 2 is 1.95 bits per heavy atom. The maximum atomic E-state index is 12.3. The molecule has 5 nitrogen and oxygen atoms in total. The van der Waals surface area contributed by atoms with E-state index in [0.29, 0.717) is 31.1 Å². The van der Waals surface area contributed by atoms with E-state index in [1.807, 2.05) is 6.92 Å². The highest BCUT2D eigenvalue weighted by molar-refractivity contribution is 7.91. The molecule has 0 spiro atoms. The van der Waals surface area contributed by atoms with Crippen molar-refractivity contribution in [1.29, 1.82) is 0 Å². The normalized spacial score (nSPS) is 16.5. The molecule has 0 bridgehead atoms. The van der Waals surface area contributed by atoms with E-state index in [1.165, 1.54) is 6.07 Å². The van der Waals surface area contributed by atoms with Gasteiger partial charge in [-0.3, -0.25) is 0 Å². The monoisotopic (exact) mass is 299 g/mol. The number of benzene rings is 1. The summed E-state index contributed by atoms with van der Waals surface area (Å²) in [6, 6.07) is 4.41. The third-order valence-electron chi connectivity index (χ3n) is 3.17. The Balaban J connectivity index is 2.22. The third kappa shape index (κ3) is 3.64. The van der Waals surface area contributed by atoms with Gasteiger partial charge in [-0.05, 0) is 18.6 Å². The second kappa shape index (κ2) is 6.45.